The van der Waals surface area contributed by atoms with E-state index in [1.54, 1.807) is 12.1 Å². The van der Waals surface area contributed by atoms with Crippen molar-refractivity contribution in [3.8, 4) is 5.75 Å². The van der Waals surface area contributed by atoms with E-state index in [9.17, 15) is 8.78 Å². The summed E-state index contributed by atoms with van der Waals surface area (Å²) in [6.07, 6.45) is 0.237. The van der Waals surface area contributed by atoms with Gasteiger partial charge in [0.1, 0.15) is 5.75 Å². The third kappa shape index (κ3) is 3.38. The fraction of sp³-hybridized carbons (Fsp3) is 0.222. The summed E-state index contributed by atoms with van der Waals surface area (Å²) in [6.45, 7) is -2.83. The number of nitrogens with one attached hydrogen (secondary N) is 1. The molecule has 3 N–H and O–H groups in total. The number of benzene rings is 1. The van der Waals surface area contributed by atoms with Crippen LogP contribution in [0.3, 0.4) is 0 Å². The predicted molar refractivity (Wildman–Crippen MR) is 48.7 cm³/mol. The van der Waals surface area contributed by atoms with Gasteiger partial charge in [-0.2, -0.15) is 8.78 Å². The van der Waals surface area contributed by atoms with Gasteiger partial charge in [0.15, 0.2) is 0 Å². The summed E-state index contributed by atoms with van der Waals surface area (Å²) in [7, 11) is 0. The first kappa shape index (κ1) is 10.4. The standard InChI is InChI=1S/C9H10F2N2O/c10-9(11)14-7-3-1-2-6(4-7)5-8(12)13/h1-4,9H,5H2,(H3,12,13). The van der Waals surface area contributed by atoms with E-state index in [1.165, 1.54) is 12.1 Å². The minimum Gasteiger partial charge on any atom is -0.435 e. The lowest BCUT2D eigenvalue weighted by atomic mass is 10.1. The molecule has 0 saturated carbocycles. The van der Waals surface area contributed by atoms with E-state index >= 15 is 0 Å². The summed E-state index contributed by atoms with van der Waals surface area (Å²) >= 11 is 0. The number of nitrogens with two attached hydrogens (primary N) is 1. The van der Waals surface area contributed by atoms with Gasteiger partial charge in [-0.3, -0.25) is 5.41 Å². The first-order valence-corrected chi connectivity index (χ1v) is 3.94. The molecule has 0 heterocycles. The first-order valence-electron chi connectivity index (χ1n) is 3.94. The number of halogens is 2. The molecule has 0 aromatic heterocycles. The zero-order valence-corrected chi connectivity index (χ0v) is 7.34. The van der Waals surface area contributed by atoms with Crippen LogP contribution in [0.1, 0.15) is 5.56 Å². The molecule has 0 aliphatic rings. The Balaban J connectivity index is 2.73. The van der Waals surface area contributed by atoms with Crippen molar-refractivity contribution >= 4 is 5.84 Å². The van der Waals surface area contributed by atoms with Gasteiger partial charge in [0, 0.05) is 6.42 Å². The molecule has 1 rings (SSSR count). The van der Waals surface area contributed by atoms with Crippen LogP contribution in [0.15, 0.2) is 24.3 Å². The van der Waals surface area contributed by atoms with Crippen LogP contribution >= 0.6 is 0 Å². The number of hydrogen-bond donors (Lipinski definition) is 2. The van der Waals surface area contributed by atoms with Crippen LogP contribution in [0.5, 0.6) is 5.75 Å². The molecule has 0 aliphatic carbocycles. The molecule has 0 bridgehead atoms. The molecule has 0 saturated heterocycles. The van der Waals surface area contributed by atoms with Gasteiger partial charge in [-0.25, -0.2) is 0 Å². The monoisotopic (exact) mass is 200 g/mol. The maximum Gasteiger partial charge on any atom is 0.387 e. The van der Waals surface area contributed by atoms with Crippen LogP contribution in [0.4, 0.5) is 8.78 Å². The molecular formula is C9H10F2N2O. The molecule has 0 aliphatic heterocycles. The van der Waals surface area contributed by atoms with E-state index in [0.29, 0.717) is 5.56 Å². The maximum atomic E-state index is 11.8. The van der Waals surface area contributed by atoms with E-state index in [0.717, 1.165) is 0 Å². The van der Waals surface area contributed by atoms with Gasteiger partial charge in [0.05, 0.1) is 5.84 Å². The highest BCUT2D eigenvalue weighted by Gasteiger charge is 2.04. The SMILES string of the molecule is N=C(N)Cc1cccc(OC(F)F)c1. The molecule has 5 heteroatoms. The van der Waals surface area contributed by atoms with Crippen LogP contribution in [0.2, 0.25) is 0 Å². The average molecular weight is 200 g/mol. The molecule has 76 valence electrons. The third-order valence-electron chi connectivity index (χ3n) is 1.52. The van der Waals surface area contributed by atoms with E-state index in [-0.39, 0.29) is 18.0 Å². The quantitative estimate of drug-likeness (QED) is 0.574. The van der Waals surface area contributed by atoms with Gasteiger partial charge in [-0.05, 0) is 17.7 Å². The van der Waals surface area contributed by atoms with Crippen molar-refractivity contribution in [2.75, 3.05) is 0 Å². The lowest BCUT2D eigenvalue weighted by Crippen LogP contribution is -2.12. The molecule has 1 aromatic carbocycles. The van der Waals surface area contributed by atoms with Crippen molar-refractivity contribution in [1.82, 2.24) is 0 Å². The summed E-state index contributed by atoms with van der Waals surface area (Å²) in [6, 6.07) is 6.14. The molecule has 0 atom stereocenters. The molecule has 3 nitrogen and oxygen atoms in total. The molecule has 0 fully saturated rings. The molecule has 0 amide bonds. The van der Waals surface area contributed by atoms with Crippen molar-refractivity contribution in [1.29, 1.82) is 5.41 Å². The minimum absolute atomic E-state index is 0.0146. The van der Waals surface area contributed by atoms with E-state index in [1.807, 2.05) is 0 Å². The van der Waals surface area contributed by atoms with E-state index in [2.05, 4.69) is 4.74 Å². The molecule has 1 aromatic rings. The molecule has 14 heavy (non-hydrogen) atoms. The number of rotatable bonds is 4. The maximum absolute atomic E-state index is 11.8. The number of alkyl halides is 2. The first-order chi connectivity index (χ1) is 6.58. The van der Waals surface area contributed by atoms with Crippen LogP contribution in [0, 0.1) is 5.41 Å². The second-order valence-corrected chi connectivity index (χ2v) is 2.73. The van der Waals surface area contributed by atoms with Crippen molar-refractivity contribution in [3.63, 3.8) is 0 Å². The molecule has 0 unspecified atom stereocenters. The number of hydrogen-bond acceptors (Lipinski definition) is 2. The Labute approximate surface area is 80.0 Å². The topological polar surface area (TPSA) is 59.1 Å². The van der Waals surface area contributed by atoms with Gasteiger partial charge < -0.3 is 10.5 Å². The highest BCUT2D eigenvalue weighted by Crippen LogP contribution is 2.15. The van der Waals surface area contributed by atoms with Gasteiger partial charge in [-0.1, -0.05) is 12.1 Å². The minimum atomic E-state index is -2.83. The predicted octanol–water partition coefficient (Wildman–Crippen LogP) is 1.77. The Morgan fingerprint density at radius 1 is 1.50 bits per heavy atom. The fourth-order valence-corrected chi connectivity index (χ4v) is 1.05. The molecule has 0 radical (unpaired) electrons. The molecular weight excluding hydrogens is 190 g/mol. The summed E-state index contributed by atoms with van der Waals surface area (Å²) in [4.78, 5) is 0. The van der Waals surface area contributed by atoms with Crippen molar-refractivity contribution in [2.24, 2.45) is 5.73 Å². The van der Waals surface area contributed by atoms with Crippen LogP contribution in [-0.2, 0) is 6.42 Å². The highest BCUT2D eigenvalue weighted by molar-refractivity contribution is 5.79. The van der Waals surface area contributed by atoms with Crippen molar-refractivity contribution in [3.05, 3.63) is 29.8 Å². The Hall–Kier alpha value is -1.65. The lowest BCUT2D eigenvalue weighted by molar-refractivity contribution is -0.0498. The van der Waals surface area contributed by atoms with Gasteiger partial charge >= 0.3 is 6.61 Å². The largest absolute Gasteiger partial charge is 0.435 e. The summed E-state index contributed by atoms with van der Waals surface area (Å²) in [5.74, 6) is 0.0675. The van der Waals surface area contributed by atoms with Crippen LogP contribution < -0.4 is 10.5 Å². The number of ether oxygens (including phenoxy) is 1. The Kier molecular flexibility index (Phi) is 3.39. The summed E-state index contributed by atoms with van der Waals surface area (Å²) in [5, 5.41) is 7.03. The van der Waals surface area contributed by atoms with Crippen LogP contribution in [-0.4, -0.2) is 12.4 Å². The van der Waals surface area contributed by atoms with Gasteiger partial charge in [-0.15, -0.1) is 0 Å². The number of amidine groups is 1. The summed E-state index contributed by atoms with van der Waals surface area (Å²) in [5.41, 5.74) is 5.85. The summed E-state index contributed by atoms with van der Waals surface area (Å²) < 4.78 is 27.8. The normalized spacial score (nSPS) is 10.2. The Morgan fingerprint density at radius 2 is 2.21 bits per heavy atom. The second kappa shape index (κ2) is 4.55. The fourth-order valence-electron chi connectivity index (χ4n) is 1.05. The molecule has 0 spiro atoms. The Morgan fingerprint density at radius 3 is 2.79 bits per heavy atom. The third-order valence-corrected chi connectivity index (χ3v) is 1.52. The van der Waals surface area contributed by atoms with Gasteiger partial charge in [0.25, 0.3) is 0 Å². The van der Waals surface area contributed by atoms with Crippen molar-refractivity contribution < 1.29 is 13.5 Å². The smallest absolute Gasteiger partial charge is 0.387 e. The lowest BCUT2D eigenvalue weighted by Gasteiger charge is -2.05. The van der Waals surface area contributed by atoms with E-state index < -0.39 is 6.61 Å². The average Bonchev–Trinajstić information content (AvgIpc) is 2.01. The zero-order valence-electron chi connectivity index (χ0n) is 7.34. The van der Waals surface area contributed by atoms with Crippen molar-refractivity contribution in [2.45, 2.75) is 13.0 Å². The van der Waals surface area contributed by atoms with Crippen LogP contribution in [0.25, 0.3) is 0 Å². The Bertz CT molecular complexity index is 328. The zero-order chi connectivity index (χ0) is 10.6. The van der Waals surface area contributed by atoms with Gasteiger partial charge in [0.2, 0.25) is 0 Å². The van der Waals surface area contributed by atoms with E-state index in [4.69, 9.17) is 11.1 Å². The highest BCUT2D eigenvalue weighted by atomic mass is 19.3. The second-order valence-electron chi connectivity index (χ2n) is 2.73.